The molecule has 0 atom stereocenters. The molecule has 0 unspecified atom stereocenters. The topological polar surface area (TPSA) is 74.8 Å². The first kappa shape index (κ1) is 15.7. The highest BCUT2D eigenvalue weighted by molar-refractivity contribution is 7.89. The van der Waals surface area contributed by atoms with Crippen LogP contribution >= 0.6 is 0 Å². The molecule has 0 radical (unpaired) electrons. The Morgan fingerprint density at radius 1 is 1.29 bits per heavy atom. The van der Waals surface area contributed by atoms with E-state index in [0.29, 0.717) is 0 Å². The fraction of sp³-hybridized carbons (Fsp3) is 1.00. The van der Waals surface area contributed by atoms with Crippen LogP contribution in [-0.4, -0.2) is 34.8 Å². The molecular formula is C3H12O3S. The van der Waals surface area contributed by atoms with Crippen LogP contribution in [0.5, 0.6) is 0 Å². The van der Waals surface area contributed by atoms with Gasteiger partial charge in [-0.05, 0) is 0 Å². The minimum atomic E-state index is -0.611. The van der Waals surface area contributed by atoms with Crippen molar-refractivity contribution >= 4 is 11.2 Å². The van der Waals surface area contributed by atoms with Crippen molar-refractivity contribution in [1.82, 2.24) is 0 Å². The van der Waals surface area contributed by atoms with Gasteiger partial charge in [0.25, 0.3) is 0 Å². The van der Waals surface area contributed by atoms with E-state index in [2.05, 4.69) is 0 Å². The monoisotopic (exact) mass is 128 g/mol. The van der Waals surface area contributed by atoms with Crippen LogP contribution < -0.4 is 0 Å². The molecule has 0 aromatic carbocycles. The van der Waals surface area contributed by atoms with Crippen LogP contribution in [0.15, 0.2) is 0 Å². The van der Waals surface area contributed by atoms with Gasteiger partial charge >= 0.3 is 0 Å². The van der Waals surface area contributed by atoms with Gasteiger partial charge < -0.3 is 15.1 Å². The highest BCUT2D eigenvalue weighted by Gasteiger charge is 1.66. The number of hydrogen-bond acceptors (Lipinski definition) is 2. The summed E-state index contributed by atoms with van der Waals surface area (Å²) >= 11 is -0.611. The summed E-state index contributed by atoms with van der Waals surface area (Å²) < 4.78 is 9.56. The quantitative estimate of drug-likeness (QED) is 0.415. The number of rotatable bonds is 0. The van der Waals surface area contributed by atoms with E-state index < -0.39 is 11.2 Å². The molecule has 0 spiro atoms. The SMILES string of the molecule is CO.C[S+](C)[O-].O. The van der Waals surface area contributed by atoms with Gasteiger partial charge in [0.15, 0.2) is 0 Å². The molecule has 0 aliphatic carbocycles. The second kappa shape index (κ2) is 16.3. The lowest BCUT2D eigenvalue weighted by Gasteiger charge is -1.87. The van der Waals surface area contributed by atoms with Crippen molar-refractivity contribution in [3.8, 4) is 0 Å². The van der Waals surface area contributed by atoms with Gasteiger partial charge in [0.1, 0.15) is 0 Å². The van der Waals surface area contributed by atoms with Gasteiger partial charge in [-0.15, -0.1) is 0 Å². The highest BCUT2D eigenvalue weighted by atomic mass is 32.2. The zero-order valence-electron chi connectivity index (χ0n) is 4.76. The lowest BCUT2D eigenvalue weighted by molar-refractivity contribution is 0.399. The van der Waals surface area contributed by atoms with E-state index in [4.69, 9.17) is 5.11 Å². The molecule has 7 heavy (non-hydrogen) atoms. The Hall–Kier alpha value is 0.230. The van der Waals surface area contributed by atoms with Crippen LogP contribution in [0.2, 0.25) is 0 Å². The Balaban J connectivity index is -0.0000000480. The van der Waals surface area contributed by atoms with Crippen LogP contribution in [0.1, 0.15) is 0 Å². The van der Waals surface area contributed by atoms with Gasteiger partial charge in [-0.25, -0.2) is 0 Å². The summed E-state index contributed by atoms with van der Waals surface area (Å²) in [6, 6.07) is 0. The molecule has 0 aliphatic rings. The molecule has 48 valence electrons. The normalized spacial score (nSPS) is 6.00. The maximum absolute atomic E-state index is 9.56. The lowest BCUT2D eigenvalue weighted by Crippen LogP contribution is -1.86. The Bertz CT molecular complexity index is 14.9. The molecule has 0 aromatic rings. The van der Waals surface area contributed by atoms with Crippen LogP contribution in [0, 0.1) is 0 Å². The number of aliphatic hydroxyl groups excluding tert-OH is 1. The molecular weight excluding hydrogens is 116 g/mol. The molecule has 0 saturated heterocycles. The van der Waals surface area contributed by atoms with Crippen molar-refractivity contribution in [3.63, 3.8) is 0 Å². The standard InChI is InChI=1S/C2H6OS.CH4O.H2O/c1-4(2)3;1-2;/h1-2H3;2H,1H3;1H2. The molecule has 0 aromatic heterocycles. The fourth-order valence-electron chi connectivity index (χ4n) is 0. The van der Waals surface area contributed by atoms with Crippen LogP contribution in [0.4, 0.5) is 0 Å². The Morgan fingerprint density at radius 2 is 1.29 bits per heavy atom. The van der Waals surface area contributed by atoms with Crippen LogP contribution in [0.3, 0.4) is 0 Å². The van der Waals surface area contributed by atoms with Crippen molar-refractivity contribution in [2.75, 3.05) is 19.6 Å². The van der Waals surface area contributed by atoms with Gasteiger partial charge in [0, 0.05) is 7.11 Å². The van der Waals surface area contributed by atoms with Gasteiger partial charge in [-0.1, -0.05) is 11.2 Å². The molecule has 0 amide bonds. The summed E-state index contributed by atoms with van der Waals surface area (Å²) in [6.07, 6.45) is 3.28. The molecule has 0 rings (SSSR count). The largest absolute Gasteiger partial charge is 0.617 e. The van der Waals surface area contributed by atoms with Gasteiger partial charge in [0.2, 0.25) is 0 Å². The summed E-state index contributed by atoms with van der Waals surface area (Å²) in [4.78, 5) is 0. The van der Waals surface area contributed by atoms with Gasteiger partial charge in [-0.3, -0.25) is 0 Å². The lowest BCUT2D eigenvalue weighted by atomic mass is 11.8. The summed E-state index contributed by atoms with van der Waals surface area (Å²) in [5.74, 6) is 0. The molecule has 3 N–H and O–H groups in total. The molecule has 0 aliphatic heterocycles. The number of aliphatic hydroxyl groups is 1. The maximum atomic E-state index is 9.56. The van der Waals surface area contributed by atoms with Crippen molar-refractivity contribution in [2.45, 2.75) is 0 Å². The predicted octanol–water partition coefficient (Wildman–Crippen LogP) is -1.22. The minimum absolute atomic E-state index is 0. The zero-order chi connectivity index (χ0) is 5.58. The first-order chi connectivity index (χ1) is 2.73. The van der Waals surface area contributed by atoms with Crippen molar-refractivity contribution < 1.29 is 15.1 Å². The smallest absolute Gasteiger partial charge is 0.0946 e. The van der Waals surface area contributed by atoms with E-state index in [-0.39, 0.29) is 5.48 Å². The summed E-state index contributed by atoms with van der Waals surface area (Å²) in [5, 5.41) is 7.00. The molecule has 0 fully saturated rings. The van der Waals surface area contributed by atoms with E-state index in [9.17, 15) is 4.55 Å². The van der Waals surface area contributed by atoms with E-state index in [0.717, 1.165) is 7.11 Å². The molecule has 0 heterocycles. The summed E-state index contributed by atoms with van der Waals surface area (Å²) in [6.45, 7) is 0. The van der Waals surface area contributed by atoms with Crippen LogP contribution in [-0.2, 0) is 11.2 Å². The molecule has 3 nitrogen and oxygen atoms in total. The van der Waals surface area contributed by atoms with Crippen molar-refractivity contribution in [2.24, 2.45) is 0 Å². The molecule has 0 saturated carbocycles. The number of hydrogen-bond donors (Lipinski definition) is 1. The second-order valence-corrected chi connectivity index (χ2v) is 2.22. The first-order valence-corrected chi connectivity index (χ1v) is 3.40. The summed E-state index contributed by atoms with van der Waals surface area (Å²) in [5.41, 5.74) is 0. The third kappa shape index (κ3) is 2110. The molecule has 4 heteroatoms. The average Bonchev–Trinajstić information content (AvgIpc) is 1.41. The highest BCUT2D eigenvalue weighted by Crippen LogP contribution is 1.61. The maximum Gasteiger partial charge on any atom is 0.0946 e. The summed E-state index contributed by atoms with van der Waals surface area (Å²) in [7, 11) is 1.00. The van der Waals surface area contributed by atoms with Crippen LogP contribution in [0.25, 0.3) is 0 Å². The van der Waals surface area contributed by atoms with Crippen molar-refractivity contribution in [3.05, 3.63) is 0 Å². The van der Waals surface area contributed by atoms with Gasteiger partial charge in [-0.2, -0.15) is 0 Å². The van der Waals surface area contributed by atoms with Crippen molar-refractivity contribution in [1.29, 1.82) is 0 Å². The molecule has 0 bridgehead atoms. The predicted molar refractivity (Wildman–Crippen MR) is 31.7 cm³/mol. The average molecular weight is 128 g/mol. The Kier molecular flexibility index (Phi) is 36.6. The fourth-order valence-corrected chi connectivity index (χ4v) is 0. The van der Waals surface area contributed by atoms with E-state index >= 15 is 0 Å². The third-order valence-corrected chi connectivity index (χ3v) is 0. The van der Waals surface area contributed by atoms with E-state index in [1.807, 2.05) is 0 Å². The van der Waals surface area contributed by atoms with E-state index in [1.165, 1.54) is 0 Å². The zero-order valence-corrected chi connectivity index (χ0v) is 5.58. The first-order valence-electron chi connectivity index (χ1n) is 1.43. The Morgan fingerprint density at radius 3 is 1.29 bits per heavy atom. The van der Waals surface area contributed by atoms with E-state index in [1.54, 1.807) is 12.5 Å². The second-order valence-electron chi connectivity index (χ2n) is 0.742. The Labute approximate surface area is 46.8 Å². The van der Waals surface area contributed by atoms with Gasteiger partial charge in [0.05, 0.1) is 12.5 Å². The minimum Gasteiger partial charge on any atom is -0.617 e. The third-order valence-electron chi connectivity index (χ3n) is 0.